The summed E-state index contributed by atoms with van der Waals surface area (Å²) in [7, 11) is 0. The van der Waals surface area contributed by atoms with Crippen LogP contribution in [0.2, 0.25) is 0 Å². The fourth-order valence-corrected chi connectivity index (χ4v) is 2.61. The third kappa shape index (κ3) is 4.49. The third-order valence-electron chi connectivity index (χ3n) is 3.61. The Labute approximate surface area is 104 Å². The second kappa shape index (κ2) is 6.77. The van der Waals surface area contributed by atoms with Crippen LogP contribution in [0.25, 0.3) is 0 Å². The summed E-state index contributed by atoms with van der Waals surface area (Å²) >= 11 is 0. The monoisotopic (exact) mass is 233 g/mol. The van der Waals surface area contributed by atoms with Gasteiger partial charge in [0.25, 0.3) is 0 Å². The van der Waals surface area contributed by atoms with Crippen molar-refractivity contribution in [3.8, 4) is 0 Å². The van der Waals surface area contributed by atoms with Crippen molar-refractivity contribution in [2.24, 2.45) is 11.7 Å². The molecule has 0 aliphatic heterocycles. The van der Waals surface area contributed by atoms with E-state index in [-0.39, 0.29) is 0 Å². The highest BCUT2D eigenvalue weighted by atomic mass is 16.5. The predicted octanol–water partition coefficient (Wildman–Crippen LogP) is 3.11. The lowest BCUT2D eigenvalue weighted by molar-refractivity contribution is 0.100. The van der Waals surface area contributed by atoms with E-state index in [9.17, 15) is 0 Å². The van der Waals surface area contributed by atoms with Crippen molar-refractivity contribution in [3.05, 3.63) is 35.9 Å². The fourth-order valence-electron chi connectivity index (χ4n) is 2.61. The van der Waals surface area contributed by atoms with E-state index in [1.807, 2.05) is 6.07 Å². The summed E-state index contributed by atoms with van der Waals surface area (Å²) in [6, 6.07) is 10.8. The molecular weight excluding hydrogens is 210 g/mol. The van der Waals surface area contributed by atoms with Crippen LogP contribution >= 0.6 is 0 Å². The van der Waals surface area contributed by atoms with E-state index in [1.54, 1.807) is 0 Å². The molecule has 1 saturated carbocycles. The van der Waals surface area contributed by atoms with Gasteiger partial charge in [-0.2, -0.15) is 0 Å². The number of ether oxygens (including phenoxy) is 1. The van der Waals surface area contributed by atoms with Gasteiger partial charge in [0.05, 0.1) is 6.61 Å². The Morgan fingerprint density at radius 2 is 2.00 bits per heavy atom. The van der Waals surface area contributed by atoms with Crippen LogP contribution in [-0.2, 0) is 11.3 Å². The molecule has 0 aromatic heterocycles. The summed E-state index contributed by atoms with van der Waals surface area (Å²) in [5, 5.41) is 0. The van der Waals surface area contributed by atoms with Gasteiger partial charge in [0, 0.05) is 12.6 Å². The molecule has 0 amide bonds. The maximum absolute atomic E-state index is 5.98. The lowest BCUT2D eigenvalue weighted by Gasteiger charge is -2.26. The number of hydrogen-bond acceptors (Lipinski definition) is 2. The molecule has 0 saturated heterocycles. The van der Waals surface area contributed by atoms with Crippen LogP contribution in [0.1, 0.15) is 37.7 Å². The van der Waals surface area contributed by atoms with Gasteiger partial charge >= 0.3 is 0 Å². The molecule has 2 rings (SSSR count). The first kappa shape index (κ1) is 12.6. The molecule has 0 heterocycles. The van der Waals surface area contributed by atoms with Crippen LogP contribution in [0.5, 0.6) is 0 Å². The number of hydrogen-bond donors (Lipinski definition) is 1. The standard InChI is InChI=1S/C15H23NO/c16-15-8-4-7-13(11-15)9-10-17-12-14-5-2-1-3-6-14/h1-3,5-6,13,15H,4,7-12,16H2. The summed E-state index contributed by atoms with van der Waals surface area (Å²) in [6.07, 6.45) is 6.20. The highest BCUT2D eigenvalue weighted by Crippen LogP contribution is 2.25. The van der Waals surface area contributed by atoms with Gasteiger partial charge in [-0.3, -0.25) is 0 Å². The average Bonchev–Trinajstić information content (AvgIpc) is 2.36. The maximum Gasteiger partial charge on any atom is 0.0716 e. The summed E-state index contributed by atoms with van der Waals surface area (Å²) in [4.78, 5) is 0. The molecule has 2 N–H and O–H groups in total. The molecule has 2 nitrogen and oxygen atoms in total. The van der Waals surface area contributed by atoms with Gasteiger partial charge in [0.15, 0.2) is 0 Å². The number of benzene rings is 1. The van der Waals surface area contributed by atoms with Crippen LogP contribution in [0.15, 0.2) is 30.3 Å². The Morgan fingerprint density at radius 1 is 1.18 bits per heavy atom. The lowest BCUT2D eigenvalue weighted by atomic mass is 9.84. The van der Waals surface area contributed by atoms with E-state index in [0.717, 1.165) is 19.1 Å². The summed E-state index contributed by atoms with van der Waals surface area (Å²) in [5.41, 5.74) is 7.24. The fraction of sp³-hybridized carbons (Fsp3) is 0.600. The van der Waals surface area contributed by atoms with Gasteiger partial charge in [0.1, 0.15) is 0 Å². The smallest absolute Gasteiger partial charge is 0.0716 e. The maximum atomic E-state index is 5.98. The first-order valence-corrected chi connectivity index (χ1v) is 6.72. The van der Waals surface area contributed by atoms with Crippen molar-refractivity contribution in [1.82, 2.24) is 0 Å². The Morgan fingerprint density at radius 3 is 2.76 bits per heavy atom. The molecule has 0 bridgehead atoms. The third-order valence-corrected chi connectivity index (χ3v) is 3.61. The first-order valence-electron chi connectivity index (χ1n) is 6.72. The predicted molar refractivity (Wildman–Crippen MR) is 70.6 cm³/mol. The van der Waals surface area contributed by atoms with E-state index in [2.05, 4.69) is 24.3 Å². The second-order valence-corrected chi connectivity index (χ2v) is 5.12. The van der Waals surface area contributed by atoms with E-state index < -0.39 is 0 Å². The molecule has 2 unspecified atom stereocenters. The van der Waals surface area contributed by atoms with Gasteiger partial charge in [-0.05, 0) is 30.7 Å². The van der Waals surface area contributed by atoms with Crippen LogP contribution in [0.4, 0.5) is 0 Å². The molecule has 17 heavy (non-hydrogen) atoms. The molecule has 1 aromatic rings. The Kier molecular flexibility index (Phi) is 5.02. The molecule has 1 aliphatic rings. The quantitative estimate of drug-likeness (QED) is 0.793. The zero-order valence-corrected chi connectivity index (χ0v) is 10.5. The molecule has 0 spiro atoms. The number of nitrogens with two attached hydrogens (primary N) is 1. The Hall–Kier alpha value is -0.860. The minimum absolute atomic E-state index is 0.433. The van der Waals surface area contributed by atoms with Gasteiger partial charge in [-0.25, -0.2) is 0 Å². The molecule has 1 aliphatic carbocycles. The highest BCUT2D eigenvalue weighted by Gasteiger charge is 2.18. The lowest BCUT2D eigenvalue weighted by Crippen LogP contribution is -2.28. The normalized spacial score (nSPS) is 24.8. The molecule has 94 valence electrons. The minimum Gasteiger partial charge on any atom is -0.377 e. The van der Waals surface area contributed by atoms with Crippen molar-refractivity contribution in [2.45, 2.75) is 44.8 Å². The van der Waals surface area contributed by atoms with Gasteiger partial charge in [0.2, 0.25) is 0 Å². The largest absolute Gasteiger partial charge is 0.377 e. The average molecular weight is 233 g/mol. The van der Waals surface area contributed by atoms with Crippen molar-refractivity contribution < 1.29 is 4.74 Å². The van der Waals surface area contributed by atoms with E-state index in [1.165, 1.54) is 37.7 Å². The second-order valence-electron chi connectivity index (χ2n) is 5.12. The van der Waals surface area contributed by atoms with Crippen LogP contribution in [0, 0.1) is 5.92 Å². The first-order chi connectivity index (χ1) is 8.34. The SMILES string of the molecule is NC1CCCC(CCOCc2ccccc2)C1. The van der Waals surface area contributed by atoms with Crippen LogP contribution in [-0.4, -0.2) is 12.6 Å². The zero-order chi connectivity index (χ0) is 11.9. The van der Waals surface area contributed by atoms with Gasteiger partial charge in [-0.15, -0.1) is 0 Å². The Balaban J connectivity index is 1.60. The summed E-state index contributed by atoms with van der Waals surface area (Å²) in [6.45, 7) is 1.60. The van der Waals surface area contributed by atoms with Gasteiger partial charge in [-0.1, -0.05) is 43.2 Å². The van der Waals surface area contributed by atoms with Crippen molar-refractivity contribution in [1.29, 1.82) is 0 Å². The van der Waals surface area contributed by atoms with Crippen LogP contribution < -0.4 is 5.73 Å². The van der Waals surface area contributed by atoms with Crippen molar-refractivity contribution in [3.63, 3.8) is 0 Å². The molecule has 1 fully saturated rings. The Bertz CT molecular complexity index is 312. The zero-order valence-electron chi connectivity index (χ0n) is 10.5. The molecule has 2 atom stereocenters. The molecule has 0 radical (unpaired) electrons. The summed E-state index contributed by atoms with van der Waals surface area (Å²) in [5.74, 6) is 0.787. The van der Waals surface area contributed by atoms with Crippen LogP contribution in [0.3, 0.4) is 0 Å². The van der Waals surface area contributed by atoms with E-state index >= 15 is 0 Å². The molecular formula is C15H23NO. The topological polar surface area (TPSA) is 35.2 Å². The molecule has 1 aromatic carbocycles. The van der Waals surface area contributed by atoms with Crippen molar-refractivity contribution in [2.75, 3.05) is 6.61 Å². The highest BCUT2D eigenvalue weighted by molar-refractivity contribution is 5.13. The van der Waals surface area contributed by atoms with Crippen molar-refractivity contribution >= 4 is 0 Å². The summed E-state index contributed by atoms with van der Waals surface area (Å²) < 4.78 is 5.72. The molecule has 2 heteroatoms. The number of rotatable bonds is 5. The van der Waals surface area contributed by atoms with E-state index in [4.69, 9.17) is 10.5 Å². The van der Waals surface area contributed by atoms with Gasteiger partial charge < -0.3 is 10.5 Å². The van der Waals surface area contributed by atoms with E-state index in [0.29, 0.717) is 6.04 Å². The minimum atomic E-state index is 0.433.